The molecule has 0 spiro atoms. The molecule has 3 N–H and O–H groups in total. The van der Waals surface area contributed by atoms with E-state index in [2.05, 4.69) is 17.4 Å². The first-order valence-corrected chi connectivity index (χ1v) is 8.14. The molecular weight excluding hydrogens is 276 g/mol. The lowest BCUT2D eigenvalue weighted by Gasteiger charge is -2.38. The number of nitrogen functional groups attached to an aromatic ring is 1. The summed E-state index contributed by atoms with van der Waals surface area (Å²) in [6.45, 7) is 6.25. The lowest BCUT2D eigenvalue weighted by atomic mass is 9.69. The van der Waals surface area contributed by atoms with Crippen LogP contribution in [0.25, 0.3) is 0 Å². The highest BCUT2D eigenvalue weighted by atomic mass is 16.6. The van der Waals surface area contributed by atoms with Gasteiger partial charge in [0.2, 0.25) is 0 Å². The predicted molar refractivity (Wildman–Crippen MR) is 89.9 cm³/mol. The Morgan fingerprint density at radius 1 is 1.18 bits per heavy atom. The molecule has 0 heterocycles. The van der Waals surface area contributed by atoms with E-state index in [1.807, 2.05) is 32.9 Å². The van der Waals surface area contributed by atoms with E-state index in [0.29, 0.717) is 6.54 Å². The van der Waals surface area contributed by atoms with E-state index in [1.165, 1.54) is 24.8 Å². The number of hydrogen-bond acceptors (Lipinski definition) is 3. The number of hydrogen-bond donors (Lipinski definition) is 2. The molecule has 122 valence electrons. The topological polar surface area (TPSA) is 64.3 Å². The van der Waals surface area contributed by atoms with Crippen LogP contribution in [0.15, 0.2) is 24.3 Å². The second-order valence-electron chi connectivity index (χ2n) is 7.32. The lowest BCUT2D eigenvalue weighted by Crippen LogP contribution is -2.43. The SMILES string of the molecule is CC(C)(C)OC(=O)NCC1(c2ccc(N)cc2)CCCCC1. The van der Waals surface area contributed by atoms with Crippen LogP contribution < -0.4 is 11.1 Å². The van der Waals surface area contributed by atoms with Gasteiger partial charge in [0, 0.05) is 17.6 Å². The van der Waals surface area contributed by atoms with Crippen molar-refractivity contribution >= 4 is 11.8 Å². The molecule has 4 nitrogen and oxygen atoms in total. The highest BCUT2D eigenvalue weighted by Crippen LogP contribution is 2.39. The number of ether oxygens (including phenoxy) is 1. The van der Waals surface area contributed by atoms with Crippen LogP contribution in [0.2, 0.25) is 0 Å². The maximum absolute atomic E-state index is 12.0. The van der Waals surface area contributed by atoms with E-state index >= 15 is 0 Å². The quantitative estimate of drug-likeness (QED) is 0.830. The standard InChI is InChI=1S/C18H28N2O2/c1-17(2,3)22-16(21)20-13-18(11-5-4-6-12-18)14-7-9-15(19)10-8-14/h7-10H,4-6,11-13,19H2,1-3H3,(H,20,21). The monoisotopic (exact) mass is 304 g/mol. The fourth-order valence-electron chi connectivity index (χ4n) is 3.19. The molecule has 1 aliphatic rings. The Hall–Kier alpha value is -1.71. The van der Waals surface area contributed by atoms with Gasteiger partial charge in [0.15, 0.2) is 0 Å². The Labute approximate surface area is 133 Å². The van der Waals surface area contributed by atoms with Gasteiger partial charge in [0.25, 0.3) is 0 Å². The van der Waals surface area contributed by atoms with E-state index in [9.17, 15) is 4.79 Å². The number of carbonyl (C=O) groups is 1. The largest absolute Gasteiger partial charge is 0.444 e. The van der Waals surface area contributed by atoms with Crippen LogP contribution in [0.5, 0.6) is 0 Å². The molecule has 0 atom stereocenters. The Kier molecular flexibility index (Phi) is 4.99. The van der Waals surface area contributed by atoms with Gasteiger partial charge >= 0.3 is 6.09 Å². The Balaban J connectivity index is 2.09. The van der Waals surface area contributed by atoms with Crippen LogP contribution in [0.3, 0.4) is 0 Å². The van der Waals surface area contributed by atoms with Crippen molar-refractivity contribution in [1.29, 1.82) is 0 Å². The molecule has 1 aromatic carbocycles. The van der Waals surface area contributed by atoms with Gasteiger partial charge in [-0.15, -0.1) is 0 Å². The van der Waals surface area contributed by atoms with Crippen LogP contribution in [-0.4, -0.2) is 18.2 Å². The first kappa shape index (κ1) is 16.7. The molecule has 0 saturated heterocycles. The number of nitrogens with two attached hydrogens (primary N) is 1. The number of benzene rings is 1. The minimum absolute atomic E-state index is 0.00283. The molecule has 0 bridgehead atoms. The zero-order valence-electron chi connectivity index (χ0n) is 13.9. The van der Waals surface area contributed by atoms with Gasteiger partial charge in [-0.05, 0) is 51.3 Å². The zero-order chi connectivity index (χ0) is 16.2. The normalized spacial score (nSPS) is 17.8. The first-order chi connectivity index (χ1) is 10.3. The second-order valence-corrected chi connectivity index (χ2v) is 7.32. The molecule has 1 aromatic rings. The Morgan fingerprint density at radius 2 is 1.77 bits per heavy atom. The minimum atomic E-state index is -0.467. The number of nitrogens with one attached hydrogen (secondary N) is 1. The molecule has 0 radical (unpaired) electrons. The lowest BCUT2D eigenvalue weighted by molar-refractivity contribution is 0.0507. The van der Waals surface area contributed by atoms with Gasteiger partial charge in [-0.3, -0.25) is 0 Å². The number of carbonyl (C=O) groups excluding carboxylic acids is 1. The van der Waals surface area contributed by atoms with Crippen LogP contribution in [0, 0.1) is 0 Å². The van der Waals surface area contributed by atoms with Crippen LogP contribution in [0.4, 0.5) is 10.5 Å². The van der Waals surface area contributed by atoms with Crippen molar-refractivity contribution in [3.63, 3.8) is 0 Å². The van der Waals surface area contributed by atoms with E-state index in [1.54, 1.807) is 0 Å². The molecule has 22 heavy (non-hydrogen) atoms. The number of rotatable bonds is 3. The second kappa shape index (κ2) is 6.59. The molecule has 0 unspecified atom stereocenters. The van der Waals surface area contributed by atoms with Crippen molar-refractivity contribution in [2.75, 3.05) is 12.3 Å². The van der Waals surface area contributed by atoms with E-state index in [0.717, 1.165) is 18.5 Å². The average Bonchev–Trinajstić information content (AvgIpc) is 2.45. The van der Waals surface area contributed by atoms with Crippen LogP contribution >= 0.6 is 0 Å². The zero-order valence-corrected chi connectivity index (χ0v) is 13.9. The van der Waals surface area contributed by atoms with E-state index in [4.69, 9.17) is 10.5 Å². The third-order valence-electron chi connectivity index (χ3n) is 4.30. The smallest absolute Gasteiger partial charge is 0.407 e. The maximum Gasteiger partial charge on any atom is 0.407 e. The van der Waals surface area contributed by atoms with Crippen LogP contribution in [-0.2, 0) is 10.2 Å². The van der Waals surface area contributed by atoms with Gasteiger partial charge in [0.05, 0.1) is 0 Å². The summed E-state index contributed by atoms with van der Waals surface area (Å²) in [7, 11) is 0. The molecule has 4 heteroatoms. The summed E-state index contributed by atoms with van der Waals surface area (Å²) in [4.78, 5) is 12.0. The summed E-state index contributed by atoms with van der Waals surface area (Å²) in [6.07, 6.45) is 5.50. The highest BCUT2D eigenvalue weighted by Gasteiger charge is 2.34. The fraction of sp³-hybridized carbons (Fsp3) is 0.611. The molecule has 1 amide bonds. The first-order valence-electron chi connectivity index (χ1n) is 8.14. The fourth-order valence-corrected chi connectivity index (χ4v) is 3.19. The summed E-state index contributed by atoms with van der Waals surface area (Å²) in [5, 5.41) is 2.97. The molecule has 0 aromatic heterocycles. The van der Waals surface area contributed by atoms with Crippen LogP contribution in [0.1, 0.15) is 58.4 Å². The van der Waals surface area contributed by atoms with Crippen molar-refractivity contribution in [3.8, 4) is 0 Å². The van der Waals surface area contributed by atoms with Gasteiger partial charge in [-0.1, -0.05) is 31.4 Å². The summed E-state index contributed by atoms with van der Waals surface area (Å²) in [5.74, 6) is 0. The van der Waals surface area contributed by atoms with Crippen molar-refractivity contribution in [2.24, 2.45) is 0 Å². The Morgan fingerprint density at radius 3 is 2.32 bits per heavy atom. The average molecular weight is 304 g/mol. The third-order valence-corrected chi connectivity index (χ3v) is 4.30. The molecule has 1 saturated carbocycles. The predicted octanol–water partition coefficient (Wildman–Crippen LogP) is 4.00. The van der Waals surface area contributed by atoms with Gasteiger partial charge < -0.3 is 15.8 Å². The van der Waals surface area contributed by atoms with Gasteiger partial charge in [-0.2, -0.15) is 0 Å². The number of alkyl carbamates (subject to hydrolysis) is 1. The van der Waals surface area contributed by atoms with E-state index < -0.39 is 5.60 Å². The molecule has 1 aliphatic carbocycles. The Bertz CT molecular complexity index is 497. The van der Waals surface area contributed by atoms with Gasteiger partial charge in [0.1, 0.15) is 5.60 Å². The highest BCUT2D eigenvalue weighted by molar-refractivity contribution is 5.67. The van der Waals surface area contributed by atoms with Gasteiger partial charge in [-0.25, -0.2) is 4.79 Å². The summed E-state index contributed by atoms with van der Waals surface area (Å²) in [6, 6.07) is 8.08. The molecule has 0 aliphatic heterocycles. The molecule has 2 rings (SSSR count). The van der Waals surface area contributed by atoms with Crippen molar-refractivity contribution in [2.45, 2.75) is 63.9 Å². The third kappa shape index (κ3) is 4.39. The maximum atomic E-state index is 12.0. The number of anilines is 1. The molecule has 1 fully saturated rings. The van der Waals surface area contributed by atoms with E-state index in [-0.39, 0.29) is 11.5 Å². The number of amides is 1. The van der Waals surface area contributed by atoms with Crippen molar-refractivity contribution < 1.29 is 9.53 Å². The summed E-state index contributed by atoms with van der Waals surface area (Å²) < 4.78 is 5.36. The van der Waals surface area contributed by atoms with Crippen molar-refractivity contribution in [1.82, 2.24) is 5.32 Å². The minimum Gasteiger partial charge on any atom is -0.444 e. The summed E-state index contributed by atoms with van der Waals surface area (Å²) >= 11 is 0. The van der Waals surface area contributed by atoms with Crippen molar-refractivity contribution in [3.05, 3.63) is 29.8 Å². The summed E-state index contributed by atoms with van der Waals surface area (Å²) in [5.41, 5.74) is 7.37. The molecular formula is C18H28N2O2.